The van der Waals surface area contributed by atoms with Crippen LogP contribution in [-0.4, -0.2) is 88.2 Å². The fourth-order valence-electron chi connectivity index (χ4n) is 3.55. The second-order valence-corrected chi connectivity index (χ2v) is 8.32. The average molecular weight is 502 g/mol. The molecular formula is C21H35N5O9. The number of amides is 3. The zero-order valence-corrected chi connectivity index (χ0v) is 19.5. The van der Waals surface area contributed by atoms with Gasteiger partial charge in [-0.3, -0.25) is 24.0 Å². The molecule has 4 atom stereocenters. The summed E-state index contributed by atoms with van der Waals surface area (Å²) >= 11 is 0. The van der Waals surface area contributed by atoms with Gasteiger partial charge in [-0.15, -0.1) is 0 Å². The number of carboxylic acid groups (broad SMARTS) is 3. The maximum atomic E-state index is 12.9. The normalized spacial score (nSPS) is 17.6. The first kappa shape index (κ1) is 29.8. The molecule has 0 radical (unpaired) electrons. The van der Waals surface area contributed by atoms with E-state index in [1.807, 2.05) is 0 Å². The molecule has 0 aromatic rings. The van der Waals surface area contributed by atoms with Gasteiger partial charge in [0.25, 0.3) is 0 Å². The second-order valence-electron chi connectivity index (χ2n) is 8.32. The molecule has 0 spiro atoms. The third-order valence-corrected chi connectivity index (χ3v) is 5.50. The van der Waals surface area contributed by atoms with Crippen LogP contribution in [0.4, 0.5) is 0 Å². The van der Waals surface area contributed by atoms with Crippen molar-refractivity contribution in [1.29, 1.82) is 0 Å². The molecule has 0 aromatic heterocycles. The van der Waals surface area contributed by atoms with Crippen LogP contribution < -0.4 is 27.0 Å². The molecule has 1 aliphatic heterocycles. The van der Waals surface area contributed by atoms with E-state index in [0.29, 0.717) is 32.4 Å². The fraction of sp³-hybridized carbons (Fsp3) is 0.714. The fourth-order valence-corrected chi connectivity index (χ4v) is 3.55. The van der Waals surface area contributed by atoms with Gasteiger partial charge in [0.15, 0.2) is 0 Å². The molecule has 14 nitrogen and oxygen atoms in total. The van der Waals surface area contributed by atoms with Crippen molar-refractivity contribution in [2.24, 2.45) is 5.73 Å². The predicted octanol–water partition coefficient (Wildman–Crippen LogP) is -1.86. The topological polar surface area (TPSA) is 237 Å². The van der Waals surface area contributed by atoms with Gasteiger partial charge in [-0.1, -0.05) is 0 Å². The molecule has 14 heteroatoms. The lowest BCUT2D eigenvalue weighted by Crippen LogP contribution is -2.57. The third kappa shape index (κ3) is 11.6. The van der Waals surface area contributed by atoms with Gasteiger partial charge < -0.3 is 42.3 Å². The molecule has 1 heterocycles. The maximum absolute atomic E-state index is 12.9. The number of hydrogen-bond acceptors (Lipinski definition) is 8. The van der Waals surface area contributed by atoms with E-state index in [9.17, 15) is 33.9 Å². The van der Waals surface area contributed by atoms with Crippen molar-refractivity contribution >= 4 is 35.6 Å². The van der Waals surface area contributed by atoms with E-state index in [4.69, 9.17) is 15.9 Å². The van der Waals surface area contributed by atoms with Crippen LogP contribution in [-0.2, 0) is 28.8 Å². The molecule has 9 N–H and O–H groups in total. The van der Waals surface area contributed by atoms with Crippen LogP contribution >= 0.6 is 0 Å². The first-order valence-corrected chi connectivity index (χ1v) is 11.6. The highest BCUT2D eigenvalue weighted by molar-refractivity contribution is 5.94. The van der Waals surface area contributed by atoms with Crippen molar-refractivity contribution in [1.82, 2.24) is 21.3 Å². The number of carbonyl (C=O) groups excluding carboxylic acids is 3. The summed E-state index contributed by atoms with van der Waals surface area (Å²) in [5, 5.41) is 37.5. The molecule has 1 saturated heterocycles. The van der Waals surface area contributed by atoms with Crippen molar-refractivity contribution < 1.29 is 44.1 Å². The summed E-state index contributed by atoms with van der Waals surface area (Å²) in [5.74, 6) is -6.01. The van der Waals surface area contributed by atoms with Crippen LogP contribution in [0.25, 0.3) is 0 Å². The van der Waals surface area contributed by atoms with Crippen LogP contribution in [0.5, 0.6) is 0 Å². The highest BCUT2D eigenvalue weighted by Crippen LogP contribution is 2.09. The third-order valence-electron chi connectivity index (χ3n) is 5.50. The minimum atomic E-state index is -1.41. The van der Waals surface area contributed by atoms with E-state index >= 15 is 0 Å². The molecule has 1 rings (SSSR count). The lowest BCUT2D eigenvalue weighted by Gasteiger charge is -2.25. The van der Waals surface area contributed by atoms with Gasteiger partial charge in [-0.25, -0.2) is 4.79 Å². The van der Waals surface area contributed by atoms with Gasteiger partial charge in [0.2, 0.25) is 17.7 Å². The first-order valence-electron chi connectivity index (χ1n) is 11.6. The molecule has 198 valence electrons. The van der Waals surface area contributed by atoms with Crippen molar-refractivity contribution in [3.63, 3.8) is 0 Å². The van der Waals surface area contributed by atoms with Crippen molar-refractivity contribution in [2.75, 3.05) is 13.1 Å². The van der Waals surface area contributed by atoms with E-state index < -0.39 is 72.6 Å². The summed E-state index contributed by atoms with van der Waals surface area (Å²) in [6, 6.07) is -4.51. The minimum Gasteiger partial charge on any atom is -0.481 e. The van der Waals surface area contributed by atoms with Crippen LogP contribution in [0.1, 0.15) is 57.8 Å². The SMILES string of the molecule is NCCCCC(NC(=O)C(CCC(=O)O)NC(=O)C(CCC(=O)O)NC(=O)C1CCCN1)C(=O)O. The van der Waals surface area contributed by atoms with Crippen LogP contribution in [0.15, 0.2) is 0 Å². The molecule has 0 bridgehead atoms. The number of carboxylic acids is 3. The van der Waals surface area contributed by atoms with E-state index in [-0.39, 0.29) is 19.3 Å². The molecular weight excluding hydrogens is 466 g/mol. The number of rotatable bonds is 17. The molecule has 0 aromatic carbocycles. The summed E-state index contributed by atoms with van der Waals surface area (Å²) < 4.78 is 0. The Morgan fingerprint density at radius 2 is 1.34 bits per heavy atom. The van der Waals surface area contributed by atoms with E-state index in [1.165, 1.54) is 0 Å². The van der Waals surface area contributed by atoms with Crippen molar-refractivity contribution in [3.8, 4) is 0 Å². The van der Waals surface area contributed by atoms with Crippen LogP contribution in [0.2, 0.25) is 0 Å². The predicted molar refractivity (Wildman–Crippen MR) is 121 cm³/mol. The van der Waals surface area contributed by atoms with E-state index in [2.05, 4.69) is 21.3 Å². The molecule has 0 saturated carbocycles. The molecule has 4 unspecified atom stereocenters. The minimum absolute atomic E-state index is 0.0869. The number of unbranched alkanes of at least 4 members (excludes halogenated alkanes) is 1. The number of nitrogens with one attached hydrogen (secondary N) is 4. The van der Waals surface area contributed by atoms with Gasteiger partial charge in [-0.05, 0) is 58.0 Å². The highest BCUT2D eigenvalue weighted by atomic mass is 16.4. The Morgan fingerprint density at radius 1 is 0.800 bits per heavy atom. The lowest BCUT2D eigenvalue weighted by atomic mass is 10.1. The highest BCUT2D eigenvalue weighted by Gasteiger charge is 2.31. The largest absolute Gasteiger partial charge is 0.481 e. The Bertz CT molecular complexity index is 770. The Hall–Kier alpha value is -3.26. The molecule has 1 fully saturated rings. The summed E-state index contributed by atoms with van der Waals surface area (Å²) in [6.45, 7) is 0.967. The van der Waals surface area contributed by atoms with Gasteiger partial charge >= 0.3 is 17.9 Å². The Morgan fingerprint density at radius 3 is 1.80 bits per heavy atom. The summed E-state index contributed by atoms with van der Waals surface area (Å²) in [4.78, 5) is 71.7. The first-order chi connectivity index (χ1) is 16.5. The molecule has 0 aliphatic carbocycles. The van der Waals surface area contributed by atoms with E-state index in [1.54, 1.807) is 0 Å². The Labute approximate surface area is 202 Å². The number of nitrogens with two attached hydrogens (primary N) is 1. The van der Waals surface area contributed by atoms with Gasteiger partial charge in [0.05, 0.1) is 6.04 Å². The standard InChI is InChI=1S/C21H35N5O9/c22-10-2-1-4-15(21(34)35)26-20(33)14(7-9-17(29)30)25-19(32)13(6-8-16(27)28)24-18(31)12-5-3-11-23-12/h12-15,23H,1-11,22H2,(H,24,31)(H,25,32)(H,26,33)(H,27,28)(H,29,30)(H,34,35). The molecule has 3 amide bonds. The van der Waals surface area contributed by atoms with Gasteiger partial charge in [0, 0.05) is 12.8 Å². The molecule has 1 aliphatic rings. The quantitative estimate of drug-likeness (QED) is 0.103. The van der Waals surface area contributed by atoms with Gasteiger partial charge in [0.1, 0.15) is 18.1 Å². The zero-order valence-electron chi connectivity index (χ0n) is 19.5. The molecule has 35 heavy (non-hydrogen) atoms. The monoisotopic (exact) mass is 501 g/mol. The Balaban J connectivity index is 2.94. The summed E-state index contributed by atoms with van der Waals surface area (Å²) in [7, 11) is 0. The smallest absolute Gasteiger partial charge is 0.326 e. The maximum Gasteiger partial charge on any atom is 0.326 e. The zero-order chi connectivity index (χ0) is 26.4. The second kappa shape index (κ2) is 15.6. The van der Waals surface area contributed by atoms with Crippen LogP contribution in [0.3, 0.4) is 0 Å². The van der Waals surface area contributed by atoms with Gasteiger partial charge in [-0.2, -0.15) is 0 Å². The van der Waals surface area contributed by atoms with Crippen LogP contribution in [0, 0.1) is 0 Å². The number of carbonyl (C=O) groups is 6. The van der Waals surface area contributed by atoms with Crippen molar-refractivity contribution in [3.05, 3.63) is 0 Å². The van der Waals surface area contributed by atoms with E-state index in [0.717, 1.165) is 6.42 Å². The summed E-state index contributed by atoms with van der Waals surface area (Å²) in [6.07, 6.45) is 0.824. The Kier molecular flexibility index (Phi) is 13.3. The summed E-state index contributed by atoms with van der Waals surface area (Å²) in [5.41, 5.74) is 5.40. The average Bonchev–Trinajstić information content (AvgIpc) is 3.33. The number of hydrogen-bond donors (Lipinski definition) is 8. The number of aliphatic carboxylic acids is 3. The lowest BCUT2D eigenvalue weighted by molar-refractivity contribution is -0.143. The van der Waals surface area contributed by atoms with Crippen molar-refractivity contribution in [2.45, 2.75) is 82.0 Å².